The SMILES string of the molecule is COCCNS(=O)(=O)NCc1cccc(/C=C/C(=O)O)c1. The van der Waals surface area contributed by atoms with Gasteiger partial charge in [-0.15, -0.1) is 0 Å². The van der Waals surface area contributed by atoms with Gasteiger partial charge in [0.15, 0.2) is 0 Å². The molecule has 0 amide bonds. The summed E-state index contributed by atoms with van der Waals surface area (Å²) >= 11 is 0. The Bertz CT molecular complexity index is 598. The van der Waals surface area contributed by atoms with Crippen LogP contribution in [0.1, 0.15) is 11.1 Å². The molecule has 0 aliphatic carbocycles. The van der Waals surface area contributed by atoms with E-state index in [0.29, 0.717) is 5.56 Å². The lowest BCUT2D eigenvalue weighted by molar-refractivity contribution is -0.131. The molecule has 0 heterocycles. The molecule has 0 unspecified atom stereocenters. The molecule has 0 saturated carbocycles. The number of benzene rings is 1. The maximum absolute atomic E-state index is 11.6. The maximum Gasteiger partial charge on any atom is 0.328 e. The zero-order valence-electron chi connectivity index (χ0n) is 11.6. The molecule has 0 aromatic heterocycles. The zero-order chi connectivity index (χ0) is 15.7. The predicted molar refractivity (Wildman–Crippen MR) is 78.8 cm³/mol. The average molecular weight is 314 g/mol. The molecule has 0 fully saturated rings. The van der Waals surface area contributed by atoms with Gasteiger partial charge in [-0.05, 0) is 17.2 Å². The minimum absolute atomic E-state index is 0.108. The fraction of sp³-hybridized carbons (Fsp3) is 0.308. The fourth-order valence-corrected chi connectivity index (χ4v) is 2.29. The number of aliphatic carboxylic acids is 1. The van der Waals surface area contributed by atoms with E-state index < -0.39 is 16.2 Å². The Labute approximate surface area is 123 Å². The van der Waals surface area contributed by atoms with Gasteiger partial charge in [0.05, 0.1) is 6.61 Å². The summed E-state index contributed by atoms with van der Waals surface area (Å²) in [6.45, 7) is 0.584. The third-order valence-electron chi connectivity index (χ3n) is 2.43. The smallest absolute Gasteiger partial charge is 0.328 e. The standard InChI is InChI=1S/C13H18N2O5S/c1-20-8-7-14-21(18,19)15-10-12-4-2-3-11(9-12)5-6-13(16)17/h2-6,9,14-15H,7-8,10H2,1H3,(H,16,17)/b6-5+. The third-order valence-corrected chi connectivity index (χ3v) is 3.54. The van der Waals surface area contributed by atoms with Gasteiger partial charge < -0.3 is 9.84 Å². The molecule has 0 bridgehead atoms. The molecule has 0 radical (unpaired) electrons. The minimum Gasteiger partial charge on any atom is -0.478 e. The van der Waals surface area contributed by atoms with Crippen molar-refractivity contribution in [2.45, 2.75) is 6.54 Å². The van der Waals surface area contributed by atoms with Crippen molar-refractivity contribution < 1.29 is 23.1 Å². The number of hydrogen-bond donors (Lipinski definition) is 3. The number of methoxy groups -OCH3 is 1. The zero-order valence-corrected chi connectivity index (χ0v) is 12.4. The van der Waals surface area contributed by atoms with Gasteiger partial charge in [0.25, 0.3) is 10.2 Å². The number of carbonyl (C=O) groups is 1. The van der Waals surface area contributed by atoms with Crippen LogP contribution in [-0.2, 0) is 26.3 Å². The highest BCUT2D eigenvalue weighted by Crippen LogP contribution is 2.07. The molecule has 0 aliphatic heterocycles. The number of nitrogens with one attached hydrogen (secondary N) is 2. The summed E-state index contributed by atoms with van der Waals surface area (Å²) in [6.07, 6.45) is 2.47. The highest BCUT2D eigenvalue weighted by Gasteiger charge is 2.08. The molecule has 0 atom stereocenters. The van der Waals surface area contributed by atoms with Crippen molar-refractivity contribution >= 4 is 22.3 Å². The number of ether oxygens (including phenoxy) is 1. The van der Waals surface area contributed by atoms with E-state index in [9.17, 15) is 13.2 Å². The van der Waals surface area contributed by atoms with Gasteiger partial charge in [0.2, 0.25) is 0 Å². The van der Waals surface area contributed by atoms with Crippen molar-refractivity contribution in [2.75, 3.05) is 20.3 Å². The van der Waals surface area contributed by atoms with Gasteiger partial charge in [-0.3, -0.25) is 0 Å². The number of carboxylic acids is 1. The Kier molecular flexibility index (Phi) is 7.03. The van der Waals surface area contributed by atoms with E-state index in [1.165, 1.54) is 13.2 Å². The number of rotatable bonds is 9. The molecule has 116 valence electrons. The van der Waals surface area contributed by atoms with Gasteiger partial charge >= 0.3 is 5.97 Å². The predicted octanol–water partition coefficient (Wildman–Crippen LogP) is 0.355. The summed E-state index contributed by atoms with van der Waals surface area (Å²) in [6, 6.07) is 6.91. The van der Waals surface area contributed by atoms with E-state index in [1.54, 1.807) is 24.3 Å². The Morgan fingerprint density at radius 1 is 1.38 bits per heavy atom. The Morgan fingerprint density at radius 3 is 2.81 bits per heavy atom. The van der Waals surface area contributed by atoms with E-state index in [-0.39, 0.29) is 19.7 Å². The Morgan fingerprint density at radius 2 is 2.14 bits per heavy atom. The van der Waals surface area contributed by atoms with Crippen LogP contribution in [0.15, 0.2) is 30.3 Å². The molecule has 7 nitrogen and oxygen atoms in total. The monoisotopic (exact) mass is 314 g/mol. The maximum atomic E-state index is 11.6. The van der Waals surface area contributed by atoms with Crippen LogP contribution in [0.2, 0.25) is 0 Å². The van der Waals surface area contributed by atoms with Crippen molar-refractivity contribution in [3.05, 3.63) is 41.5 Å². The molecule has 1 rings (SSSR count). The molecular weight excluding hydrogens is 296 g/mol. The lowest BCUT2D eigenvalue weighted by atomic mass is 10.1. The van der Waals surface area contributed by atoms with E-state index in [2.05, 4.69) is 9.44 Å². The first kappa shape index (κ1) is 17.3. The van der Waals surface area contributed by atoms with E-state index in [4.69, 9.17) is 9.84 Å². The molecule has 3 N–H and O–H groups in total. The van der Waals surface area contributed by atoms with E-state index in [0.717, 1.165) is 11.6 Å². The highest BCUT2D eigenvalue weighted by molar-refractivity contribution is 7.87. The van der Waals surface area contributed by atoms with Crippen LogP contribution in [0.3, 0.4) is 0 Å². The summed E-state index contributed by atoms with van der Waals surface area (Å²) in [5, 5.41) is 8.56. The van der Waals surface area contributed by atoms with Crippen molar-refractivity contribution in [3.63, 3.8) is 0 Å². The molecule has 0 spiro atoms. The summed E-state index contributed by atoms with van der Waals surface area (Å²) in [5.41, 5.74) is 1.40. The van der Waals surface area contributed by atoms with Gasteiger partial charge in [0.1, 0.15) is 0 Å². The van der Waals surface area contributed by atoms with Crippen LogP contribution >= 0.6 is 0 Å². The molecule has 0 saturated heterocycles. The third kappa shape index (κ3) is 7.57. The van der Waals surface area contributed by atoms with Crippen molar-refractivity contribution in [2.24, 2.45) is 0 Å². The van der Waals surface area contributed by atoms with E-state index >= 15 is 0 Å². The van der Waals surface area contributed by atoms with Crippen LogP contribution in [0, 0.1) is 0 Å². The van der Waals surface area contributed by atoms with Gasteiger partial charge in [-0.1, -0.05) is 24.3 Å². The summed E-state index contributed by atoms with van der Waals surface area (Å²) < 4.78 is 32.7. The second-order valence-electron chi connectivity index (χ2n) is 4.13. The van der Waals surface area contributed by atoms with Gasteiger partial charge in [0, 0.05) is 26.3 Å². The highest BCUT2D eigenvalue weighted by atomic mass is 32.2. The molecule has 1 aromatic rings. The van der Waals surface area contributed by atoms with Crippen LogP contribution in [-0.4, -0.2) is 39.8 Å². The first-order valence-electron chi connectivity index (χ1n) is 6.16. The van der Waals surface area contributed by atoms with Crippen molar-refractivity contribution in [1.29, 1.82) is 0 Å². The van der Waals surface area contributed by atoms with Crippen LogP contribution in [0.5, 0.6) is 0 Å². The molecule has 0 aliphatic rings. The van der Waals surface area contributed by atoms with Gasteiger partial charge in [-0.25, -0.2) is 4.79 Å². The number of hydrogen-bond acceptors (Lipinski definition) is 4. The topological polar surface area (TPSA) is 105 Å². The van der Waals surface area contributed by atoms with Crippen molar-refractivity contribution in [3.8, 4) is 0 Å². The first-order valence-corrected chi connectivity index (χ1v) is 7.64. The average Bonchev–Trinajstić information content (AvgIpc) is 2.44. The minimum atomic E-state index is -3.58. The quantitative estimate of drug-likeness (QED) is 0.451. The summed E-state index contributed by atoms with van der Waals surface area (Å²) in [4.78, 5) is 10.4. The number of carboxylic acid groups (broad SMARTS) is 1. The molecular formula is C13H18N2O5S. The second-order valence-corrected chi connectivity index (χ2v) is 5.71. The van der Waals surface area contributed by atoms with Crippen molar-refractivity contribution in [1.82, 2.24) is 9.44 Å². The molecule has 8 heteroatoms. The fourth-order valence-electron chi connectivity index (χ4n) is 1.48. The van der Waals surface area contributed by atoms with Crippen LogP contribution in [0.25, 0.3) is 6.08 Å². The molecule has 1 aromatic carbocycles. The van der Waals surface area contributed by atoms with E-state index in [1.807, 2.05) is 0 Å². The first-order chi connectivity index (χ1) is 9.93. The normalized spacial score (nSPS) is 11.9. The second kappa shape index (κ2) is 8.53. The molecule has 21 heavy (non-hydrogen) atoms. The van der Waals surface area contributed by atoms with Gasteiger partial charge in [-0.2, -0.15) is 17.9 Å². The Balaban J connectivity index is 2.59. The summed E-state index contributed by atoms with van der Waals surface area (Å²) in [7, 11) is -2.10. The van der Waals surface area contributed by atoms with Crippen LogP contribution < -0.4 is 9.44 Å². The summed E-state index contributed by atoms with van der Waals surface area (Å²) in [5.74, 6) is -1.04. The van der Waals surface area contributed by atoms with Crippen LogP contribution in [0.4, 0.5) is 0 Å². The lowest BCUT2D eigenvalue weighted by Crippen LogP contribution is -2.37. The largest absolute Gasteiger partial charge is 0.478 e. The Hall–Kier alpha value is -1.74. The lowest BCUT2D eigenvalue weighted by Gasteiger charge is -2.08.